The summed E-state index contributed by atoms with van der Waals surface area (Å²) >= 11 is 0. The highest BCUT2D eigenvalue weighted by Crippen LogP contribution is 2.51. The van der Waals surface area contributed by atoms with E-state index in [4.69, 9.17) is 0 Å². The number of hydrogen-bond donors (Lipinski definition) is 0. The second-order valence-electron chi connectivity index (χ2n) is 27.4. The van der Waals surface area contributed by atoms with Crippen LogP contribution in [0.15, 0.2) is 224 Å². The Morgan fingerprint density at radius 3 is 0.662 bits per heavy atom. The molecule has 0 bridgehead atoms. The molecule has 0 aliphatic carbocycles. The van der Waals surface area contributed by atoms with Gasteiger partial charge >= 0.3 is 0 Å². The molecule has 0 saturated carbocycles. The van der Waals surface area contributed by atoms with Gasteiger partial charge in [-0.1, -0.05) is 292 Å². The van der Waals surface area contributed by atoms with Crippen molar-refractivity contribution in [3.8, 4) is 100 Å². The normalized spacial score (nSPS) is 12.4. The molecular formula is C80H82. The van der Waals surface area contributed by atoms with E-state index in [1.807, 2.05) is 0 Å². The van der Waals surface area contributed by atoms with E-state index in [2.05, 4.69) is 328 Å². The van der Waals surface area contributed by atoms with E-state index in [-0.39, 0.29) is 27.1 Å². The summed E-state index contributed by atoms with van der Waals surface area (Å²) < 4.78 is 0. The molecule has 80 heavy (non-hydrogen) atoms. The molecule has 0 radical (unpaired) electrons. The van der Waals surface area contributed by atoms with Gasteiger partial charge in [-0.25, -0.2) is 0 Å². The Morgan fingerprint density at radius 2 is 0.350 bits per heavy atom. The Labute approximate surface area is 480 Å². The van der Waals surface area contributed by atoms with Gasteiger partial charge in [0.2, 0.25) is 0 Å². The molecule has 0 atom stereocenters. The average Bonchev–Trinajstić information content (AvgIpc) is 3.51. The lowest BCUT2D eigenvalue weighted by Gasteiger charge is -2.27. The number of hydrogen-bond acceptors (Lipinski definition) is 0. The van der Waals surface area contributed by atoms with Crippen LogP contribution in [0.4, 0.5) is 0 Å². The van der Waals surface area contributed by atoms with Gasteiger partial charge in [0.15, 0.2) is 0 Å². The number of rotatable bonds is 9. The van der Waals surface area contributed by atoms with E-state index in [0.29, 0.717) is 0 Å². The standard InChI is InChI=1S/C80H82/c1-76(2,3)71-42-25-20-33-58(71)53-31-30-32-54(47-53)67-51-70(64-39-19-17-37-62(64)66-41-24-29-46-75(66)80(13,14)15)68(52-69(67)63-38-18-16-36-61(63)65-40-23-28-45-74(65)79(10,11)12)57-49-55(59-34-21-26-43-72(59)77(4,5)6)48-56(50-57)60-35-22-27-44-73(60)78(7,8)9/h16-52H,1-15H3. The topological polar surface area (TPSA) is 0 Å². The summed E-state index contributed by atoms with van der Waals surface area (Å²) in [6.07, 6.45) is 0. The molecule has 0 aromatic heterocycles. The van der Waals surface area contributed by atoms with Gasteiger partial charge in [-0.2, -0.15) is 0 Å². The first-order valence-corrected chi connectivity index (χ1v) is 29.0. The fourth-order valence-electron chi connectivity index (χ4n) is 12.3. The molecule has 10 rings (SSSR count). The van der Waals surface area contributed by atoms with Crippen molar-refractivity contribution in [1.29, 1.82) is 0 Å². The van der Waals surface area contributed by atoms with Crippen LogP contribution >= 0.6 is 0 Å². The molecule has 0 unspecified atom stereocenters. The Kier molecular flexibility index (Phi) is 14.8. The zero-order chi connectivity index (χ0) is 56.9. The molecule has 0 saturated heterocycles. The van der Waals surface area contributed by atoms with Crippen LogP contribution in [0.25, 0.3) is 100 Å². The monoisotopic (exact) mass is 1040 g/mol. The highest BCUT2D eigenvalue weighted by atomic mass is 14.3. The summed E-state index contributed by atoms with van der Waals surface area (Å²) in [6, 6.07) is 85.5. The molecule has 0 nitrogen and oxygen atoms in total. The van der Waals surface area contributed by atoms with Crippen molar-refractivity contribution in [1.82, 2.24) is 0 Å². The summed E-state index contributed by atoms with van der Waals surface area (Å²) in [5.74, 6) is 0. The third-order valence-electron chi connectivity index (χ3n) is 16.2. The first-order valence-electron chi connectivity index (χ1n) is 29.0. The quantitative estimate of drug-likeness (QED) is 0.135. The van der Waals surface area contributed by atoms with Gasteiger partial charge in [-0.3, -0.25) is 0 Å². The van der Waals surface area contributed by atoms with E-state index in [1.54, 1.807) is 0 Å². The van der Waals surface area contributed by atoms with E-state index in [9.17, 15) is 0 Å². The van der Waals surface area contributed by atoms with Crippen LogP contribution in [-0.2, 0) is 27.1 Å². The molecule has 10 aromatic carbocycles. The minimum Gasteiger partial charge on any atom is -0.0619 e. The Balaban J connectivity index is 1.40. The first-order chi connectivity index (χ1) is 37.9. The van der Waals surface area contributed by atoms with E-state index < -0.39 is 0 Å². The molecule has 0 fully saturated rings. The van der Waals surface area contributed by atoms with Crippen molar-refractivity contribution in [2.75, 3.05) is 0 Å². The second kappa shape index (κ2) is 21.3. The van der Waals surface area contributed by atoms with E-state index in [0.717, 1.165) is 0 Å². The Morgan fingerprint density at radius 1 is 0.150 bits per heavy atom. The molecule has 0 heterocycles. The summed E-state index contributed by atoms with van der Waals surface area (Å²) in [5.41, 5.74) is 28.1. The zero-order valence-corrected chi connectivity index (χ0v) is 50.4. The van der Waals surface area contributed by atoms with Gasteiger partial charge in [-0.15, -0.1) is 0 Å². The first kappa shape index (κ1) is 55.5. The van der Waals surface area contributed by atoms with Gasteiger partial charge in [0.1, 0.15) is 0 Å². The van der Waals surface area contributed by atoms with Crippen LogP contribution in [0, 0.1) is 0 Å². The molecule has 0 spiro atoms. The highest BCUT2D eigenvalue weighted by Gasteiger charge is 2.28. The van der Waals surface area contributed by atoms with Crippen molar-refractivity contribution >= 4 is 0 Å². The predicted molar refractivity (Wildman–Crippen MR) is 349 cm³/mol. The van der Waals surface area contributed by atoms with Crippen LogP contribution in [0.1, 0.15) is 132 Å². The SMILES string of the molecule is CC(C)(C)c1ccccc1-c1cccc(-c2cc(-c3ccccc3-c3ccccc3C(C)(C)C)c(-c3cc(-c4ccccc4C(C)(C)C)cc(-c4ccccc4C(C)(C)C)c3)cc2-c2ccccc2-c2ccccc2C(C)(C)C)c1. The van der Waals surface area contributed by atoms with Gasteiger partial charge < -0.3 is 0 Å². The summed E-state index contributed by atoms with van der Waals surface area (Å²) in [7, 11) is 0. The summed E-state index contributed by atoms with van der Waals surface area (Å²) in [6.45, 7) is 35.0. The second-order valence-corrected chi connectivity index (χ2v) is 27.4. The molecule has 0 heteroatoms. The average molecular weight is 1040 g/mol. The van der Waals surface area contributed by atoms with Crippen molar-refractivity contribution in [2.45, 2.75) is 131 Å². The molecule has 0 aliphatic heterocycles. The zero-order valence-electron chi connectivity index (χ0n) is 50.4. The predicted octanol–water partition coefficient (Wildman–Crippen LogP) is 23.2. The van der Waals surface area contributed by atoms with Crippen LogP contribution < -0.4 is 0 Å². The molecule has 0 N–H and O–H groups in total. The lowest BCUT2D eigenvalue weighted by atomic mass is 9.76. The third-order valence-corrected chi connectivity index (χ3v) is 16.2. The fraction of sp³-hybridized carbons (Fsp3) is 0.250. The molecular weight excluding hydrogens is 961 g/mol. The van der Waals surface area contributed by atoms with Gasteiger partial charge in [0, 0.05) is 0 Å². The van der Waals surface area contributed by atoms with Crippen molar-refractivity contribution in [2.24, 2.45) is 0 Å². The summed E-state index contributed by atoms with van der Waals surface area (Å²) in [5, 5.41) is 0. The molecule has 0 amide bonds. The molecule has 10 aromatic rings. The molecule has 0 aliphatic rings. The summed E-state index contributed by atoms with van der Waals surface area (Å²) in [4.78, 5) is 0. The maximum absolute atomic E-state index is 2.57. The van der Waals surface area contributed by atoms with E-state index >= 15 is 0 Å². The fourth-order valence-corrected chi connectivity index (χ4v) is 12.3. The van der Waals surface area contributed by atoms with Crippen LogP contribution in [0.5, 0.6) is 0 Å². The van der Waals surface area contributed by atoms with Crippen molar-refractivity contribution in [3.05, 3.63) is 252 Å². The Hall–Kier alpha value is -7.80. The van der Waals surface area contributed by atoms with Crippen molar-refractivity contribution < 1.29 is 0 Å². The number of benzene rings is 10. The smallest absolute Gasteiger partial charge is 0.00926 e. The van der Waals surface area contributed by atoms with Crippen molar-refractivity contribution in [3.63, 3.8) is 0 Å². The molecule has 402 valence electrons. The van der Waals surface area contributed by atoms with E-state index in [1.165, 1.54) is 128 Å². The minimum atomic E-state index is -0.0947. The lowest BCUT2D eigenvalue weighted by molar-refractivity contribution is 0.591. The van der Waals surface area contributed by atoms with Gasteiger partial charge in [0.05, 0.1) is 0 Å². The van der Waals surface area contributed by atoms with Gasteiger partial charge in [0.25, 0.3) is 0 Å². The van der Waals surface area contributed by atoms with Crippen LogP contribution in [0.3, 0.4) is 0 Å². The lowest BCUT2D eigenvalue weighted by Crippen LogP contribution is -2.13. The maximum atomic E-state index is 2.57. The minimum absolute atomic E-state index is 0.0484. The third kappa shape index (κ3) is 11.2. The largest absolute Gasteiger partial charge is 0.0619 e. The van der Waals surface area contributed by atoms with Gasteiger partial charge in [-0.05, 0) is 191 Å². The van der Waals surface area contributed by atoms with Crippen LogP contribution in [-0.4, -0.2) is 0 Å². The maximum Gasteiger partial charge on any atom is -0.00926 e. The highest BCUT2D eigenvalue weighted by molar-refractivity contribution is 6.02. The Bertz CT molecular complexity index is 3820. The van der Waals surface area contributed by atoms with Crippen LogP contribution in [0.2, 0.25) is 0 Å².